The van der Waals surface area contributed by atoms with Crippen LogP contribution < -0.4 is 18.9 Å². The lowest BCUT2D eigenvalue weighted by molar-refractivity contribution is 0.345. The van der Waals surface area contributed by atoms with E-state index < -0.39 is 10.0 Å². The van der Waals surface area contributed by atoms with Crippen molar-refractivity contribution in [3.63, 3.8) is 0 Å². The van der Waals surface area contributed by atoms with E-state index in [4.69, 9.17) is 25.8 Å². The molecule has 8 heteroatoms. The van der Waals surface area contributed by atoms with Gasteiger partial charge in [-0.15, -0.1) is 0 Å². The van der Waals surface area contributed by atoms with Gasteiger partial charge in [0.05, 0.1) is 26.2 Å². The molecule has 0 spiro atoms. The molecule has 0 aromatic heterocycles. The molecule has 0 saturated carbocycles. The number of nitrogens with one attached hydrogen (secondary N) is 1. The molecule has 0 aliphatic heterocycles. The number of benzene rings is 2. The molecule has 0 amide bonds. The van der Waals surface area contributed by atoms with Gasteiger partial charge in [0.2, 0.25) is 10.0 Å². The average molecular weight is 400 g/mol. The molecule has 1 N–H and O–H groups in total. The summed E-state index contributed by atoms with van der Waals surface area (Å²) in [4.78, 5) is 0.176. The van der Waals surface area contributed by atoms with Gasteiger partial charge in [-0.1, -0.05) is 11.6 Å². The Kier molecular flexibility index (Phi) is 6.75. The van der Waals surface area contributed by atoms with Crippen LogP contribution in [0.3, 0.4) is 0 Å². The third-order valence-corrected chi connectivity index (χ3v) is 5.77. The lowest BCUT2D eigenvalue weighted by Crippen LogP contribution is -2.26. The summed E-state index contributed by atoms with van der Waals surface area (Å²) in [5.74, 6) is 1.68. The molecule has 2 rings (SSSR count). The molecule has 2 aromatic rings. The van der Waals surface area contributed by atoms with Gasteiger partial charge < -0.3 is 14.2 Å². The first kappa shape index (κ1) is 20.4. The normalized spacial score (nSPS) is 11.3. The minimum atomic E-state index is -3.63. The van der Waals surface area contributed by atoms with Crippen LogP contribution >= 0.6 is 11.6 Å². The highest BCUT2D eigenvalue weighted by Crippen LogP contribution is 2.35. The monoisotopic (exact) mass is 399 g/mol. The first-order valence-corrected chi connectivity index (χ1v) is 9.73. The van der Waals surface area contributed by atoms with Crippen LogP contribution in [0.5, 0.6) is 17.2 Å². The van der Waals surface area contributed by atoms with Crippen molar-refractivity contribution >= 4 is 21.6 Å². The Morgan fingerprint density at radius 3 is 2.35 bits per heavy atom. The Labute approximate surface area is 159 Å². The fourth-order valence-electron chi connectivity index (χ4n) is 2.51. The number of aryl methyl sites for hydroxylation is 1. The predicted molar refractivity (Wildman–Crippen MR) is 101 cm³/mol. The van der Waals surface area contributed by atoms with Crippen molar-refractivity contribution in [1.82, 2.24) is 4.72 Å². The molecule has 0 aliphatic rings. The van der Waals surface area contributed by atoms with Gasteiger partial charge in [0.1, 0.15) is 5.75 Å². The summed E-state index contributed by atoms with van der Waals surface area (Å²) in [6.07, 6.45) is 0.405. The van der Waals surface area contributed by atoms with Crippen LogP contribution in [0.2, 0.25) is 5.02 Å². The van der Waals surface area contributed by atoms with E-state index in [0.29, 0.717) is 34.3 Å². The highest BCUT2D eigenvalue weighted by Gasteiger charge is 2.17. The number of methoxy groups -OCH3 is 3. The minimum Gasteiger partial charge on any atom is -0.497 e. The molecule has 0 aliphatic carbocycles. The van der Waals surface area contributed by atoms with E-state index in [2.05, 4.69) is 4.72 Å². The predicted octanol–water partition coefficient (Wildman–Crippen LogP) is 3.20. The van der Waals surface area contributed by atoms with Crippen molar-refractivity contribution < 1.29 is 22.6 Å². The van der Waals surface area contributed by atoms with Crippen molar-refractivity contribution in [2.24, 2.45) is 0 Å². The summed E-state index contributed by atoms with van der Waals surface area (Å²) < 4.78 is 43.4. The molecular formula is C18H22ClNO5S. The van der Waals surface area contributed by atoms with E-state index in [0.717, 1.165) is 5.56 Å². The maximum atomic E-state index is 12.5. The van der Waals surface area contributed by atoms with Gasteiger partial charge in [-0.3, -0.25) is 0 Å². The number of sulfonamides is 1. The summed E-state index contributed by atoms with van der Waals surface area (Å²) in [6, 6.07) is 8.10. The van der Waals surface area contributed by atoms with Crippen LogP contribution in [0.4, 0.5) is 0 Å². The van der Waals surface area contributed by atoms with E-state index in [9.17, 15) is 8.42 Å². The zero-order valence-corrected chi connectivity index (χ0v) is 16.7. The Morgan fingerprint density at radius 1 is 1.04 bits per heavy atom. The Bertz CT molecular complexity index is 883. The average Bonchev–Trinajstić information content (AvgIpc) is 2.62. The first-order chi connectivity index (χ1) is 12.3. The van der Waals surface area contributed by atoms with E-state index in [-0.39, 0.29) is 11.4 Å². The topological polar surface area (TPSA) is 73.9 Å². The third kappa shape index (κ3) is 4.60. The molecule has 6 nitrogen and oxygen atoms in total. The number of rotatable bonds is 8. The molecule has 0 atom stereocenters. The summed E-state index contributed by atoms with van der Waals surface area (Å²) >= 11 is 5.95. The lowest BCUT2D eigenvalue weighted by Gasteiger charge is -2.15. The summed E-state index contributed by atoms with van der Waals surface area (Å²) in [5.41, 5.74) is 1.48. The largest absolute Gasteiger partial charge is 0.497 e. The molecule has 0 unspecified atom stereocenters. The standard InChI is InChI=1S/C18H22ClNO5S/c1-12-9-15(5-6-16(12)19)26(21,22)20-8-7-13-10-14(23-2)11-17(24-3)18(13)25-4/h5-6,9-11,20H,7-8H2,1-4H3. The zero-order chi connectivity index (χ0) is 19.3. The quantitative estimate of drug-likeness (QED) is 0.737. The highest BCUT2D eigenvalue weighted by molar-refractivity contribution is 7.89. The highest BCUT2D eigenvalue weighted by atomic mass is 35.5. The second-order valence-electron chi connectivity index (χ2n) is 5.58. The molecular weight excluding hydrogens is 378 g/mol. The van der Waals surface area contributed by atoms with E-state index in [1.54, 1.807) is 38.3 Å². The molecule has 0 heterocycles. The second-order valence-corrected chi connectivity index (χ2v) is 7.75. The van der Waals surface area contributed by atoms with Gasteiger partial charge in [-0.05, 0) is 43.2 Å². The van der Waals surface area contributed by atoms with Crippen LogP contribution in [-0.4, -0.2) is 36.3 Å². The van der Waals surface area contributed by atoms with Crippen LogP contribution in [0.1, 0.15) is 11.1 Å². The van der Waals surface area contributed by atoms with Crippen molar-refractivity contribution in [3.05, 3.63) is 46.5 Å². The number of halogens is 1. The van der Waals surface area contributed by atoms with Gasteiger partial charge >= 0.3 is 0 Å². The Balaban J connectivity index is 2.17. The van der Waals surface area contributed by atoms with Gasteiger partial charge in [0.25, 0.3) is 0 Å². The van der Waals surface area contributed by atoms with Gasteiger partial charge in [-0.2, -0.15) is 0 Å². The summed E-state index contributed by atoms with van der Waals surface area (Å²) in [7, 11) is 0.990. The lowest BCUT2D eigenvalue weighted by atomic mass is 10.1. The van der Waals surface area contributed by atoms with E-state index >= 15 is 0 Å². The maximum Gasteiger partial charge on any atom is 0.240 e. The van der Waals surface area contributed by atoms with Crippen LogP contribution in [0.15, 0.2) is 35.2 Å². The molecule has 0 bridgehead atoms. The Morgan fingerprint density at radius 2 is 1.77 bits per heavy atom. The van der Waals surface area contributed by atoms with Crippen molar-refractivity contribution in [1.29, 1.82) is 0 Å². The second kappa shape index (κ2) is 8.62. The maximum absolute atomic E-state index is 12.5. The van der Waals surface area contributed by atoms with Crippen molar-refractivity contribution in [2.75, 3.05) is 27.9 Å². The van der Waals surface area contributed by atoms with Gasteiger partial charge in [0.15, 0.2) is 11.5 Å². The first-order valence-electron chi connectivity index (χ1n) is 7.87. The summed E-state index contributed by atoms with van der Waals surface area (Å²) in [6.45, 7) is 1.95. The molecule has 2 aromatic carbocycles. The van der Waals surface area contributed by atoms with E-state index in [1.165, 1.54) is 20.3 Å². The molecule has 142 valence electrons. The van der Waals surface area contributed by atoms with Crippen molar-refractivity contribution in [3.8, 4) is 17.2 Å². The SMILES string of the molecule is COc1cc(CCNS(=O)(=O)c2ccc(Cl)c(C)c2)c(OC)c(OC)c1. The molecule has 0 saturated heterocycles. The van der Waals surface area contributed by atoms with E-state index in [1.807, 2.05) is 0 Å². The minimum absolute atomic E-state index is 0.176. The van der Waals surface area contributed by atoms with Crippen molar-refractivity contribution in [2.45, 2.75) is 18.2 Å². The van der Waals surface area contributed by atoms with Crippen LogP contribution in [-0.2, 0) is 16.4 Å². The zero-order valence-electron chi connectivity index (χ0n) is 15.1. The van der Waals surface area contributed by atoms with Gasteiger partial charge in [-0.25, -0.2) is 13.1 Å². The van der Waals surface area contributed by atoms with Gasteiger partial charge in [0, 0.05) is 23.2 Å². The number of ether oxygens (including phenoxy) is 3. The number of hydrogen-bond donors (Lipinski definition) is 1. The van der Waals surface area contributed by atoms with Crippen LogP contribution in [0, 0.1) is 6.92 Å². The molecule has 26 heavy (non-hydrogen) atoms. The fraction of sp³-hybridized carbons (Fsp3) is 0.333. The third-order valence-electron chi connectivity index (χ3n) is 3.89. The smallest absolute Gasteiger partial charge is 0.240 e. The van der Waals surface area contributed by atoms with Crippen LogP contribution in [0.25, 0.3) is 0 Å². The number of hydrogen-bond acceptors (Lipinski definition) is 5. The molecule has 0 fully saturated rings. The fourth-order valence-corrected chi connectivity index (χ4v) is 3.74. The Hall–Kier alpha value is -1.96. The molecule has 0 radical (unpaired) electrons. The summed E-state index contributed by atoms with van der Waals surface area (Å²) in [5, 5.41) is 0.525.